The van der Waals surface area contributed by atoms with Crippen molar-refractivity contribution in [3.05, 3.63) is 70.7 Å². The molecule has 30 heavy (non-hydrogen) atoms. The van der Waals surface area contributed by atoms with Crippen LogP contribution in [0.4, 0.5) is 0 Å². The zero-order valence-electron chi connectivity index (χ0n) is 17.5. The first kappa shape index (κ1) is 20.9. The lowest BCUT2D eigenvalue weighted by Gasteiger charge is -2.26. The molecule has 2 fully saturated rings. The van der Waals surface area contributed by atoms with E-state index in [1.807, 2.05) is 18.2 Å². The Morgan fingerprint density at radius 2 is 1.67 bits per heavy atom. The number of benzene rings is 2. The van der Waals surface area contributed by atoms with Crippen LogP contribution in [0, 0.1) is 23.7 Å². The van der Waals surface area contributed by atoms with Gasteiger partial charge in [0, 0.05) is 23.7 Å². The summed E-state index contributed by atoms with van der Waals surface area (Å²) in [4.78, 5) is 25.3. The van der Waals surface area contributed by atoms with Crippen LogP contribution in [0.15, 0.2) is 54.6 Å². The molecule has 6 atom stereocenters. The molecule has 2 aromatic carbocycles. The number of hydrogen-bond donors (Lipinski definition) is 2. The summed E-state index contributed by atoms with van der Waals surface area (Å²) in [5.74, 6) is 2.06. The fourth-order valence-corrected chi connectivity index (χ4v) is 5.71. The Labute approximate surface area is 183 Å². The lowest BCUT2D eigenvalue weighted by Crippen LogP contribution is -2.38. The SMILES string of the molecule is CC[C@H](NC(=O)c1ccc(Cl)cc1)C1[C@H]2CC([C@H](C(=O)NC)c3ccccc3)C[C@@H]12. The molecule has 2 aliphatic carbocycles. The quantitative estimate of drug-likeness (QED) is 0.679. The first-order chi connectivity index (χ1) is 14.5. The van der Waals surface area contributed by atoms with Crippen LogP contribution in [0.1, 0.15) is 48.0 Å². The first-order valence-electron chi connectivity index (χ1n) is 10.9. The van der Waals surface area contributed by atoms with E-state index in [-0.39, 0.29) is 23.8 Å². The van der Waals surface area contributed by atoms with Gasteiger partial charge in [-0.1, -0.05) is 48.9 Å². The standard InChI is InChI=1S/C25H29ClN2O2/c1-3-21(28-24(29)16-9-11-18(26)12-10-16)23-19-13-17(14-20(19)23)22(25(30)27-2)15-7-5-4-6-8-15/h4-12,17,19-23H,3,13-14H2,1-2H3,(H,27,30)(H,28,29)/t17?,19-,20+,21-,22+,23?/m0/s1. The van der Waals surface area contributed by atoms with Crippen molar-refractivity contribution in [3.63, 3.8) is 0 Å². The van der Waals surface area contributed by atoms with Gasteiger partial charge in [-0.2, -0.15) is 0 Å². The molecule has 2 saturated carbocycles. The van der Waals surface area contributed by atoms with E-state index in [2.05, 4.69) is 29.7 Å². The summed E-state index contributed by atoms with van der Waals surface area (Å²) in [6.45, 7) is 2.13. The van der Waals surface area contributed by atoms with Gasteiger partial charge in [-0.3, -0.25) is 9.59 Å². The van der Waals surface area contributed by atoms with Gasteiger partial charge in [-0.15, -0.1) is 0 Å². The predicted molar refractivity (Wildman–Crippen MR) is 119 cm³/mol. The second kappa shape index (κ2) is 8.81. The maximum absolute atomic E-state index is 12.7. The zero-order valence-corrected chi connectivity index (χ0v) is 18.2. The monoisotopic (exact) mass is 424 g/mol. The normalized spacial score (nSPS) is 26.4. The Kier molecular flexibility index (Phi) is 6.14. The van der Waals surface area contributed by atoms with Crippen LogP contribution in [0.2, 0.25) is 5.02 Å². The summed E-state index contributed by atoms with van der Waals surface area (Å²) >= 11 is 5.93. The van der Waals surface area contributed by atoms with Crippen molar-refractivity contribution in [3.8, 4) is 0 Å². The highest BCUT2D eigenvalue weighted by Gasteiger charge is 2.60. The van der Waals surface area contributed by atoms with Crippen LogP contribution in [-0.4, -0.2) is 24.9 Å². The molecule has 2 aromatic rings. The van der Waals surface area contributed by atoms with Gasteiger partial charge >= 0.3 is 0 Å². The Bertz CT molecular complexity index is 887. The average molecular weight is 425 g/mol. The molecule has 0 spiro atoms. The first-order valence-corrected chi connectivity index (χ1v) is 11.2. The van der Waals surface area contributed by atoms with Crippen LogP contribution in [-0.2, 0) is 4.79 Å². The molecule has 4 nitrogen and oxygen atoms in total. The molecule has 5 heteroatoms. The Morgan fingerprint density at radius 3 is 2.23 bits per heavy atom. The molecular weight excluding hydrogens is 396 g/mol. The molecule has 0 aromatic heterocycles. The Hall–Kier alpha value is -2.33. The maximum Gasteiger partial charge on any atom is 0.251 e. The van der Waals surface area contributed by atoms with Crippen LogP contribution >= 0.6 is 11.6 Å². The van der Waals surface area contributed by atoms with E-state index in [1.54, 1.807) is 31.3 Å². The van der Waals surface area contributed by atoms with Gasteiger partial charge in [-0.25, -0.2) is 0 Å². The van der Waals surface area contributed by atoms with Gasteiger partial charge < -0.3 is 10.6 Å². The van der Waals surface area contributed by atoms with Gasteiger partial charge in [0.15, 0.2) is 0 Å². The molecule has 158 valence electrons. The number of fused-ring (bicyclic) bond motifs is 1. The number of rotatable bonds is 7. The van der Waals surface area contributed by atoms with Crippen molar-refractivity contribution in [2.75, 3.05) is 7.05 Å². The maximum atomic E-state index is 12.7. The summed E-state index contributed by atoms with van der Waals surface area (Å²) in [5, 5.41) is 6.73. The van der Waals surface area contributed by atoms with Crippen molar-refractivity contribution in [1.29, 1.82) is 0 Å². The number of amides is 2. The van der Waals surface area contributed by atoms with Crippen molar-refractivity contribution in [2.24, 2.45) is 23.7 Å². The molecule has 0 bridgehead atoms. The van der Waals surface area contributed by atoms with Crippen molar-refractivity contribution in [1.82, 2.24) is 10.6 Å². The van der Waals surface area contributed by atoms with Crippen LogP contribution in [0.3, 0.4) is 0 Å². The number of carbonyl (C=O) groups is 2. The summed E-state index contributed by atoms with van der Waals surface area (Å²) in [6, 6.07) is 17.3. The highest BCUT2D eigenvalue weighted by Crippen LogP contribution is 2.63. The molecule has 2 aliphatic rings. The minimum Gasteiger partial charge on any atom is -0.359 e. The fourth-order valence-electron chi connectivity index (χ4n) is 5.58. The summed E-state index contributed by atoms with van der Waals surface area (Å²) in [5.41, 5.74) is 1.74. The Morgan fingerprint density at radius 1 is 1.03 bits per heavy atom. The zero-order chi connectivity index (χ0) is 21.3. The number of halogens is 1. The van der Waals surface area contributed by atoms with Crippen molar-refractivity contribution in [2.45, 2.75) is 38.1 Å². The third-order valence-electron chi connectivity index (χ3n) is 7.03. The van der Waals surface area contributed by atoms with Gasteiger partial charge in [0.25, 0.3) is 5.91 Å². The summed E-state index contributed by atoms with van der Waals surface area (Å²) in [6.07, 6.45) is 3.02. The van der Waals surface area contributed by atoms with E-state index in [9.17, 15) is 9.59 Å². The number of nitrogens with one attached hydrogen (secondary N) is 2. The fraction of sp³-hybridized carbons (Fsp3) is 0.440. The Balaban J connectivity index is 1.40. The molecule has 2 amide bonds. The minimum atomic E-state index is -0.0895. The molecule has 0 saturated heterocycles. The largest absolute Gasteiger partial charge is 0.359 e. The van der Waals surface area contributed by atoms with Crippen molar-refractivity contribution < 1.29 is 9.59 Å². The highest BCUT2D eigenvalue weighted by atomic mass is 35.5. The topological polar surface area (TPSA) is 58.2 Å². The lowest BCUT2D eigenvalue weighted by molar-refractivity contribution is -0.123. The molecule has 2 unspecified atom stereocenters. The molecular formula is C25H29ClN2O2. The van der Waals surface area contributed by atoms with Gasteiger partial charge in [0.2, 0.25) is 5.91 Å². The second-order valence-electron chi connectivity index (χ2n) is 8.63. The van der Waals surface area contributed by atoms with E-state index in [4.69, 9.17) is 11.6 Å². The molecule has 0 radical (unpaired) electrons. The third-order valence-corrected chi connectivity index (χ3v) is 7.29. The second-order valence-corrected chi connectivity index (χ2v) is 9.07. The van der Waals surface area contributed by atoms with E-state index < -0.39 is 0 Å². The third kappa shape index (κ3) is 4.11. The molecule has 2 N–H and O–H groups in total. The predicted octanol–water partition coefficient (Wildman–Crippen LogP) is 4.65. The minimum absolute atomic E-state index is 0.0347. The van der Waals surface area contributed by atoms with Crippen LogP contribution in [0.5, 0.6) is 0 Å². The van der Waals surface area contributed by atoms with Crippen LogP contribution < -0.4 is 10.6 Å². The average Bonchev–Trinajstić information content (AvgIpc) is 3.25. The highest BCUT2D eigenvalue weighted by molar-refractivity contribution is 6.30. The van der Waals surface area contributed by atoms with E-state index in [0.717, 1.165) is 24.8 Å². The number of likely N-dealkylation sites (N-methyl/N-ethyl adjacent to an activating group) is 1. The molecule has 0 aliphatic heterocycles. The lowest BCUT2D eigenvalue weighted by atomic mass is 9.80. The summed E-state index contributed by atoms with van der Waals surface area (Å²) < 4.78 is 0. The van der Waals surface area contributed by atoms with Gasteiger partial charge in [0.05, 0.1) is 5.92 Å². The van der Waals surface area contributed by atoms with E-state index >= 15 is 0 Å². The van der Waals surface area contributed by atoms with Crippen molar-refractivity contribution >= 4 is 23.4 Å². The smallest absolute Gasteiger partial charge is 0.251 e. The van der Waals surface area contributed by atoms with Gasteiger partial charge in [-0.05, 0) is 72.8 Å². The van der Waals surface area contributed by atoms with E-state index in [1.165, 1.54) is 0 Å². The van der Waals surface area contributed by atoms with E-state index in [0.29, 0.717) is 34.3 Å². The number of hydrogen-bond acceptors (Lipinski definition) is 2. The number of carbonyl (C=O) groups excluding carboxylic acids is 2. The molecule has 4 rings (SSSR count). The van der Waals surface area contributed by atoms with Gasteiger partial charge in [0.1, 0.15) is 0 Å². The summed E-state index contributed by atoms with van der Waals surface area (Å²) in [7, 11) is 1.72. The van der Waals surface area contributed by atoms with Crippen LogP contribution in [0.25, 0.3) is 0 Å². The molecule has 0 heterocycles.